The van der Waals surface area contributed by atoms with Crippen LogP contribution in [0.15, 0.2) is 40.6 Å². The molecule has 0 unspecified atom stereocenters. The Labute approximate surface area is 202 Å². The average Bonchev–Trinajstić information content (AvgIpc) is 2.85. The lowest BCUT2D eigenvalue weighted by atomic mass is 9.67. The molecule has 2 fully saturated rings. The van der Waals surface area contributed by atoms with Crippen molar-refractivity contribution in [2.75, 3.05) is 58.3 Å². The molecule has 1 aromatic rings. The molecule has 0 saturated carbocycles. The third-order valence-corrected chi connectivity index (χ3v) is 8.21. The number of benzene rings is 1. The topological polar surface area (TPSA) is 54.4 Å². The molecule has 4 aliphatic heterocycles. The summed E-state index contributed by atoms with van der Waals surface area (Å²) >= 11 is 6.08. The fraction of sp³-hybridized carbons (Fsp3) is 0.600. The smallest absolute Gasteiger partial charge is 0.323 e. The maximum atomic E-state index is 12.8. The van der Waals surface area contributed by atoms with Gasteiger partial charge in [-0.25, -0.2) is 9.79 Å². The molecule has 0 aromatic heterocycles. The predicted molar refractivity (Wildman–Crippen MR) is 134 cm³/mol. The molecule has 0 aliphatic carbocycles. The van der Waals surface area contributed by atoms with E-state index in [9.17, 15) is 4.79 Å². The third-order valence-electron chi connectivity index (χ3n) is 8.01. The van der Waals surface area contributed by atoms with E-state index in [4.69, 9.17) is 11.6 Å². The van der Waals surface area contributed by atoms with Crippen molar-refractivity contribution >= 4 is 29.2 Å². The predicted octanol–water partition coefficient (Wildman–Crippen LogP) is 3.42. The molecule has 8 heteroatoms. The molecule has 2 amide bonds. The summed E-state index contributed by atoms with van der Waals surface area (Å²) in [4.78, 5) is 26.0. The number of aliphatic imine (C=N–C) groups is 1. The molecular formula is C25H35ClN6O. The number of hydrogen-bond acceptors (Lipinski definition) is 5. The fourth-order valence-electron chi connectivity index (χ4n) is 6.11. The second kappa shape index (κ2) is 9.18. The highest BCUT2D eigenvalue weighted by atomic mass is 35.5. The number of carbonyl (C=O) groups excluding carboxylic acids is 1. The van der Waals surface area contributed by atoms with Crippen LogP contribution in [-0.2, 0) is 5.41 Å². The Hall–Kier alpha value is -2.25. The summed E-state index contributed by atoms with van der Waals surface area (Å²) in [6, 6.07) is 9.31. The van der Waals surface area contributed by atoms with E-state index in [2.05, 4.69) is 44.4 Å². The number of likely N-dealkylation sites (tertiary alicyclic amines) is 2. The van der Waals surface area contributed by atoms with Gasteiger partial charge in [0.2, 0.25) is 0 Å². The standard InChI is InChI=1S/C25H35ClN6O/c1-29(2)24(33)32-16-11-25(20-5-3-4-6-21(20)32)9-14-30(15-10-25)19-7-12-31(13-8-19)23-18-27-17-22(26)28-23/h3-6,17,19,27H,7-16,18H2,1-2H3. The van der Waals surface area contributed by atoms with Crippen LogP contribution in [0.2, 0.25) is 0 Å². The Morgan fingerprint density at radius 1 is 1.09 bits per heavy atom. The highest BCUT2D eigenvalue weighted by Crippen LogP contribution is 2.47. The first-order valence-electron chi connectivity index (χ1n) is 12.2. The number of piperidine rings is 2. The molecule has 0 radical (unpaired) electrons. The Balaban J connectivity index is 1.23. The molecular weight excluding hydrogens is 436 g/mol. The van der Waals surface area contributed by atoms with E-state index in [-0.39, 0.29) is 11.4 Å². The molecule has 1 aromatic carbocycles. The van der Waals surface area contributed by atoms with Gasteiger partial charge in [0.1, 0.15) is 11.0 Å². The number of nitrogens with one attached hydrogen (secondary N) is 1. The van der Waals surface area contributed by atoms with Crippen molar-refractivity contribution < 1.29 is 4.79 Å². The van der Waals surface area contributed by atoms with Gasteiger partial charge in [-0.3, -0.25) is 4.90 Å². The first kappa shape index (κ1) is 22.5. The Morgan fingerprint density at radius 2 is 1.79 bits per heavy atom. The van der Waals surface area contributed by atoms with Gasteiger partial charge in [-0.05, 0) is 56.8 Å². The van der Waals surface area contributed by atoms with Crippen LogP contribution in [0, 0.1) is 0 Å². The maximum absolute atomic E-state index is 12.8. The van der Waals surface area contributed by atoms with Gasteiger partial charge in [0.15, 0.2) is 0 Å². The average molecular weight is 471 g/mol. The molecule has 7 nitrogen and oxygen atoms in total. The number of halogens is 1. The van der Waals surface area contributed by atoms with Gasteiger partial charge < -0.3 is 20.0 Å². The van der Waals surface area contributed by atoms with E-state index < -0.39 is 0 Å². The summed E-state index contributed by atoms with van der Waals surface area (Å²) in [6.45, 7) is 5.93. The number of nitrogens with zero attached hydrogens (tertiary/aromatic N) is 5. The van der Waals surface area contributed by atoms with Crippen molar-refractivity contribution in [2.24, 2.45) is 4.99 Å². The Kier molecular flexibility index (Phi) is 6.27. The van der Waals surface area contributed by atoms with Gasteiger partial charge >= 0.3 is 6.03 Å². The van der Waals surface area contributed by atoms with E-state index in [1.54, 1.807) is 11.1 Å². The number of urea groups is 1. The highest BCUT2D eigenvalue weighted by Gasteiger charge is 2.43. The summed E-state index contributed by atoms with van der Waals surface area (Å²) < 4.78 is 0. The number of hydrogen-bond donors (Lipinski definition) is 1. The van der Waals surface area contributed by atoms with E-state index in [1.807, 2.05) is 19.0 Å². The molecule has 4 heterocycles. The zero-order valence-electron chi connectivity index (χ0n) is 19.8. The molecule has 0 atom stereocenters. The van der Waals surface area contributed by atoms with Crippen molar-refractivity contribution in [1.82, 2.24) is 20.0 Å². The lowest BCUT2D eigenvalue weighted by Crippen LogP contribution is -2.54. The molecule has 33 heavy (non-hydrogen) atoms. The number of anilines is 1. The lowest BCUT2D eigenvalue weighted by molar-refractivity contribution is 0.0786. The summed E-state index contributed by atoms with van der Waals surface area (Å²) in [5.74, 6) is 1.06. The number of amidine groups is 1. The minimum absolute atomic E-state index is 0.0797. The third kappa shape index (κ3) is 4.33. The van der Waals surface area contributed by atoms with Crippen molar-refractivity contribution in [1.29, 1.82) is 0 Å². The number of carbonyl (C=O) groups is 1. The summed E-state index contributed by atoms with van der Waals surface area (Å²) in [6.07, 6.45) is 7.51. The minimum atomic E-state index is 0.0797. The van der Waals surface area contributed by atoms with Crippen LogP contribution in [0.1, 0.15) is 37.7 Å². The van der Waals surface area contributed by atoms with Gasteiger partial charge in [-0.15, -0.1) is 0 Å². The van der Waals surface area contributed by atoms with Crippen molar-refractivity contribution in [3.63, 3.8) is 0 Å². The quantitative estimate of drug-likeness (QED) is 0.639. The van der Waals surface area contributed by atoms with Crippen LogP contribution >= 0.6 is 11.6 Å². The SMILES string of the molecule is CN(C)C(=O)N1CCC2(CCN(C3CCN(C4=NC(Cl)=CNC4)CC3)CC2)c2ccccc21. The second-order valence-corrected chi connectivity index (χ2v) is 10.4. The zero-order valence-corrected chi connectivity index (χ0v) is 20.5. The molecule has 4 aliphatic rings. The zero-order chi connectivity index (χ0) is 23.0. The van der Waals surface area contributed by atoms with Crippen LogP contribution in [0.5, 0.6) is 0 Å². The first-order chi connectivity index (χ1) is 16.0. The molecule has 0 bridgehead atoms. The van der Waals surface area contributed by atoms with Gasteiger partial charge in [0.25, 0.3) is 0 Å². The summed E-state index contributed by atoms with van der Waals surface area (Å²) in [7, 11) is 3.67. The Morgan fingerprint density at radius 3 is 2.48 bits per heavy atom. The Bertz CT molecular complexity index is 944. The summed E-state index contributed by atoms with van der Waals surface area (Å²) in [5, 5.41) is 3.75. The monoisotopic (exact) mass is 470 g/mol. The molecule has 2 saturated heterocycles. The van der Waals surface area contributed by atoms with Gasteiger partial charge in [0.05, 0.1) is 6.54 Å². The van der Waals surface area contributed by atoms with Gasteiger partial charge in [0, 0.05) is 57.1 Å². The van der Waals surface area contributed by atoms with E-state index in [0.29, 0.717) is 11.2 Å². The lowest BCUT2D eigenvalue weighted by Gasteiger charge is -2.50. The van der Waals surface area contributed by atoms with Gasteiger partial charge in [-0.2, -0.15) is 0 Å². The van der Waals surface area contributed by atoms with E-state index >= 15 is 0 Å². The number of amides is 2. The normalized spacial score (nSPS) is 23.5. The van der Waals surface area contributed by atoms with Crippen molar-refractivity contribution in [2.45, 2.75) is 43.6 Å². The van der Waals surface area contributed by atoms with Crippen LogP contribution in [-0.4, -0.2) is 86.0 Å². The number of para-hydroxylation sites is 1. The highest BCUT2D eigenvalue weighted by molar-refractivity contribution is 6.30. The van der Waals surface area contributed by atoms with Crippen LogP contribution in [0.25, 0.3) is 0 Å². The fourth-order valence-corrected chi connectivity index (χ4v) is 6.28. The van der Waals surface area contributed by atoms with Crippen molar-refractivity contribution in [3.05, 3.63) is 41.2 Å². The second-order valence-electron chi connectivity index (χ2n) is 10.0. The minimum Gasteiger partial charge on any atom is -0.381 e. The van der Waals surface area contributed by atoms with E-state index in [0.717, 1.165) is 57.2 Å². The van der Waals surface area contributed by atoms with Crippen molar-refractivity contribution in [3.8, 4) is 0 Å². The van der Waals surface area contributed by atoms with E-state index in [1.165, 1.54) is 31.2 Å². The van der Waals surface area contributed by atoms with Gasteiger partial charge in [-0.1, -0.05) is 29.8 Å². The molecule has 1 N–H and O–H groups in total. The molecule has 5 rings (SSSR count). The molecule has 178 valence electrons. The number of fused-ring (bicyclic) bond motifs is 2. The first-order valence-corrected chi connectivity index (χ1v) is 12.6. The maximum Gasteiger partial charge on any atom is 0.323 e. The molecule has 1 spiro atoms. The van der Waals surface area contributed by atoms with Crippen LogP contribution in [0.3, 0.4) is 0 Å². The summed E-state index contributed by atoms with van der Waals surface area (Å²) in [5.41, 5.74) is 2.68. The van der Waals surface area contributed by atoms with Crippen LogP contribution in [0.4, 0.5) is 10.5 Å². The largest absolute Gasteiger partial charge is 0.381 e. The number of rotatable bonds is 1. The van der Waals surface area contributed by atoms with Crippen LogP contribution < -0.4 is 10.2 Å².